The van der Waals surface area contributed by atoms with Crippen LogP contribution in [0.2, 0.25) is 0 Å². The van der Waals surface area contributed by atoms with Gasteiger partial charge in [0.15, 0.2) is 0 Å². The van der Waals surface area contributed by atoms with E-state index in [0.717, 1.165) is 0 Å². The maximum absolute atomic E-state index is 13.4. The average molecular weight is 691 g/mol. The zero-order valence-electron chi connectivity index (χ0n) is 30.9. The van der Waals surface area contributed by atoms with Crippen molar-refractivity contribution in [2.75, 3.05) is 25.5 Å². The minimum Gasteiger partial charge on any atom is -0.460 e. The summed E-state index contributed by atoms with van der Waals surface area (Å²) < 4.78 is 10.8. The number of nitrogens with zero attached hydrogens (tertiary/aromatic N) is 1. The lowest BCUT2D eigenvalue weighted by Gasteiger charge is -2.26. The van der Waals surface area contributed by atoms with Gasteiger partial charge in [0, 0.05) is 25.7 Å². The van der Waals surface area contributed by atoms with Gasteiger partial charge in [0.2, 0.25) is 17.7 Å². The topological polar surface area (TPSA) is 198 Å². The van der Waals surface area contributed by atoms with Crippen LogP contribution < -0.4 is 27.0 Å². The van der Waals surface area contributed by atoms with Crippen LogP contribution in [0, 0.1) is 16.7 Å². The van der Waals surface area contributed by atoms with Crippen LogP contribution in [0.5, 0.6) is 0 Å². The number of benzene rings is 1. The molecule has 1 aromatic carbocycles. The summed E-state index contributed by atoms with van der Waals surface area (Å²) in [4.78, 5) is 76.3. The molecule has 0 bridgehead atoms. The molecule has 49 heavy (non-hydrogen) atoms. The van der Waals surface area contributed by atoms with E-state index >= 15 is 0 Å². The van der Waals surface area contributed by atoms with E-state index in [0.29, 0.717) is 24.1 Å². The quantitative estimate of drug-likeness (QED) is 0.119. The van der Waals surface area contributed by atoms with Crippen molar-refractivity contribution in [3.05, 3.63) is 29.8 Å². The molecule has 0 fully saturated rings. The summed E-state index contributed by atoms with van der Waals surface area (Å²) in [5, 5.41) is 10.8. The van der Waals surface area contributed by atoms with Crippen LogP contribution >= 0.6 is 0 Å². The molecule has 6 N–H and O–H groups in total. The van der Waals surface area contributed by atoms with Crippen molar-refractivity contribution < 1.29 is 38.2 Å². The van der Waals surface area contributed by atoms with E-state index in [1.807, 2.05) is 34.6 Å². The summed E-state index contributed by atoms with van der Waals surface area (Å²) in [5.41, 5.74) is 5.56. The van der Waals surface area contributed by atoms with Crippen molar-refractivity contribution in [2.24, 2.45) is 22.5 Å². The first-order valence-corrected chi connectivity index (χ1v) is 16.7. The van der Waals surface area contributed by atoms with Gasteiger partial charge in [-0.05, 0) is 76.0 Å². The molecule has 276 valence electrons. The maximum Gasteiger partial charge on any atom is 0.409 e. The predicted octanol–water partition coefficient (Wildman–Crippen LogP) is 4.07. The molecule has 0 aliphatic rings. The number of hydrogen-bond acceptors (Lipinski definition) is 8. The molecule has 1 unspecified atom stereocenters. The minimum atomic E-state index is -0.976. The summed E-state index contributed by atoms with van der Waals surface area (Å²) in [7, 11) is 1.55. The fourth-order valence-electron chi connectivity index (χ4n) is 4.34. The van der Waals surface area contributed by atoms with Crippen molar-refractivity contribution in [1.82, 2.24) is 20.9 Å². The molecule has 0 radical (unpaired) electrons. The van der Waals surface area contributed by atoms with Crippen molar-refractivity contribution >= 4 is 41.5 Å². The highest BCUT2D eigenvalue weighted by Crippen LogP contribution is 2.21. The fourth-order valence-corrected chi connectivity index (χ4v) is 4.34. The Hall–Kier alpha value is -4.36. The summed E-state index contributed by atoms with van der Waals surface area (Å²) in [6.45, 7) is 17.0. The van der Waals surface area contributed by atoms with Crippen LogP contribution in [0.1, 0.15) is 93.6 Å². The second kappa shape index (κ2) is 19.6. The zero-order valence-corrected chi connectivity index (χ0v) is 30.9. The summed E-state index contributed by atoms with van der Waals surface area (Å²) in [5.74, 6) is -1.83. The molecule has 3 atom stereocenters. The Morgan fingerprint density at radius 3 is 2.04 bits per heavy atom. The third-order valence-electron chi connectivity index (χ3n) is 7.32. The van der Waals surface area contributed by atoms with Gasteiger partial charge in [0.1, 0.15) is 24.8 Å². The molecular weight excluding hydrogens is 632 g/mol. The second-order valence-corrected chi connectivity index (χ2v) is 14.9. The van der Waals surface area contributed by atoms with Gasteiger partial charge in [-0.3, -0.25) is 19.2 Å². The van der Waals surface area contributed by atoms with Crippen molar-refractivity contribution in [1.29, 1.82) is 0 Å². The Bertz CT molecular complexity index is 1270. The normalized spacial score (nSPS) is 13.4. The van der Waals surface area contributed by atoms with Gasteiger partial charge < -0.3 is 41.4 Å². The number of primary amides is 1. The first kappa shape index (κ1) is 42.7. The number of carbonyl (C=O) groups is 6. The molecule has 14 nitrogen and oxygen atoms in total. The van der Waals surface area contributed by atoms with E-state index in [2.05, 4.69) is 21.3 Å². The number of nitrogens with two attached hydrogens (primary N) is 1. The molecule has 0 heterocycles. The summed E-state index contributed by atoms with van der Waals surface area (Å²) >= 11 is 0. The maximum atomic E-state index is 13.4. The Balaban J connectivity index is 2.85. The SMILES string of the molecule is CC(CN(C)C(=O)OCc1ccc(NC(=O)[C@H](CCCNC(N)=O)NC(=O)[C@@H](NC(=O)CCC(C)(C)C)C(C)C)cc1)OC(=O)C(C)(C)C. The average Bonchev–Trinajstić information content (AvgIpc) is 2.98. The molecule has 14 heteroatoms. The van der Waals surface area contributed by atoms with Crippen LogP contribution in [-0.2, 0) is 35.3 Å². The molecule has 1 aromatic rings. The number of hydrogen-bond donors (Lipinski definition) is 5. The third-order valence-corrected chi connectivity index (χ3v) is 7.32. The first-order chi connectivity index (χ1) is 22.6. The number of ether oxygens (including phenoxy) is 2. The third kappa shape index (κ3) is 17.6. The molecule has 6 amide bonds. The van der Waals surface area contributed by atoms with Crippen molar-refractivity contribution in [3.8, 4) is 0 Å². The van der Waals surface area contributed by atoms with Crippen LogP contribution in [0.25, 0.3) is 0 Å². The minimum absolute atomic E-state index is 0.0306. The predicted molar refractivity (Wildman–Crippen MR) is 187 cm³/mol. The van der Waals surface area contributed by atoms with Gasteiger partial charge in [-0.2, -0.15) is 0 Å². The monoisotopic (exact) mass is 690 g/mol. The van der Waals surface area contributed by atoms with Crippen LogP contribution in [-0.4, -0.2) is 79.0 Å². The van der Waals surface area contributed by atoms with Gasteiger partial charge in [0.05, 0.1) is 12.0 Å². The molecule has 0 aliphatic heterocycles. The van der Waals surface area contributed by atoms with E-state index < -0.39 is 47.5 Å². The molecule has 1 rings (SSSR count). The standard InChI is InChI=1S/C35H58N6O8/c1-22(2)28(40-27(42)17-18-34(4,5)6)30(44)39-26(12-11-19-37-32(36)46)29(43)38-25-15-13-24(14-16-25)21-48-33(47)41(10)20-23(3)49-31(45)35(7,8)9/h13-16,22-23,26,28H,11-12,17-21H2,1-10H3,(H,38,43)(H,39,44)(H,40,42)(H3,36,37,46)/t23?,26-,28-/m0/s1. The lowest BCUT2D eigenvalue weighted by Crippen LogP contribution is -2.54. The smallest absolute Gasteiger partial charge is 0.409 e. The van der Waals surface area contributed by atoms with E-state index in [1.54, 1.807) is 59.0 Å². The van der Waals surface area contributed by atoms with Gasteiger partial charge >= 0.3 is 18.1 Å². The highest BCUT2D eigenvalue weighted by atomic mass is 16.6. The number of amides is 6. The van der Waals surface area contributed by atoms with Crippen LogP contribution in [0.15, 0.2) is 24.3 Å². The Morgan fingerprint density at radius 2 is 1.51 bits per heavy atom. The van der Waals surface area contributed by atoms with Gasteiger partial charge in [-0.1, -0.05) is 46.8 Å². The summed E-state index contributed by atoms with van der Waals surface area (Å²) in [6.07, 6.45) is 0.345. The highest BCUT2D eigenvalue weighted by Gasteiger charge is 2.29. The molecule has 0 aliphatic carbocycles. The molecule has 0 saturated carbocycles. The lowest BCUT2D eigenvalue weighted by molar-refractivity contribution is -0.158. The molecule has 0 spiro atoms. The second-order valence-electron chi connectivity index (χ2n) is 14.9. The molecule has 0 aromatic heterocycles. The van der Waals surface area contributed by atoms with Gasteiger partial charge in [-0.25, -0.2) is 9.59 Å². The van der Waals surface area contributed by atoms with E-state index in [4.69, 9.17) is 15.2 Å². The van der Waals surface area contributed by atoms with Crippen LogP contribution in [0.3, 0.4) is 0 Å². The number of esters is 1. The number of rotatable bonds is 17. The van der Waals surface area contributed by atoms with Crippen molar-refractivity contribution in [2.45, 2.75) is 113 Å². The van der Waals surface area contributed by atoms with Gasteiger partial charge in [0.25, 0.3) is 0 Å². The molecular formula is C35H58N6O8. The number of nitrogens with one attached hydrogen (secondary N) is 4. The Kier molecular flexibility index (Phi) is 17.1. The number of urea groups is 1. The number of likely N-dealkylation sites (N-methyl/N-ethyl adjacent to an activating group) is 1. The van der Waals surface area contributed by atoms with E-state index in [9.17, 15) is 28.8 Å². The Morgan fingerprint density at radius 1 is 0.898 bits per heavy atom. The zero-order chi connectivity index (χ0) is 37.5. The van der Waals surface area contributed by atoms with E-state index in [1.165, 1.54) is 4.90 Å². The fraction of sp³-hybridized carbons (Fsp3) is 0.657. The largest absolute Gasteiger partial charge is 0.460 e. The van der Waals surface area contributed by atoms with E-state index in [-0.39, 0.29) is 55.7 Å². The van der Waals surface area contributed by atoms with Crippen molar-refractivity contribution in [3.63, 3.8) is 0 Å². The number of anilines is 1. The highest BCUT2D eigenvalue weighted by molar-refractivity contribution is 5.98. The van der Waals surface area contributed by atoms with Gasteiger partial charge in [-0.15, -0.1) is 0 Å². The first-order valence-electron chi connectivity index (χ1n) is 16.7. The molecule has 0 saturated heterocycles. The van der Waals surface area contributed by atoms with Crippen LogP contribution in [0.4, 0.5) is 15.3 Å². The lowest BCUT2D eigenvalue weighted by atomic mass is 9.90. The Labute approximate surface area is 291 Å². The number of carbonyl (C=O) groups excluding carboxylic acids is 6. The summed E-state index contributed by atoms with van der Waals surface area (Å²) in [6, 6.07) is 4.12.